The van der Waals surface area contributed by atoms with E-state index in [9.17, 15) is 8.42 Å². The first-order valence-electron chi connectivity index (χ1n) is 6.09. The molecule has 16 heavy (non-hydrogen) atoms. The molecule has 1 fully saturated rings. The highest BCUT2D eigenvalue weighted by atomic mass is 32.2. The third-order valence-electron chi connectivity index (χ3n) is 3.71. The van der Waals surface area contributed by atoms with Crippen molar-refractivity contribution in [2.45, 2.75) is 44.6 Å². The lowest BCUT2D eigenvalue weighted by atomic mass is 9.82. The molecule has 0 bridgehead atoms. The summed E-state index contributed by atoms with van der Waals surface area (Å²) in [5.41, 5.74) is -0.00472. The Kier molecular flexibility index (Phi) is 4.76. The molecule has 0 aromatic carbocycles. The molecule has 0 aromatic rings. The monoisotopic (exact) mass is 248 g/mol. The summed E-state index contributed by atoms with van der Waals surface area (Å²) in [6.07, 6.45) is 5.82. The van der Waals surface area contributed by atoms with Crippen LogP contribution in [0.25, 0.3) is 0 Å². The van der Waals surface area contributed by atoms with Crippen LogP contribution in [0, 0.1) is 0 Å². The lowest BCUT2D eigenvalue weighted by molar-refractivity contribution is 0.209. The topological polar surface area (TPSA) is 49.4 Å². The number of nitrogens with zero attached hydrogens (tertiary/aromatic N) is 1. The van der Waals surface area contributed by atoms with Gasteiger partial charge in [0.05, 0.1) is 5.75 Å². The molecule has 1 saturated carbocycles. The molecule has 0 heterocycles. The molecule has 0 amide bonds. The van der Waals surface area contributed by atoms with Gasteiger partial charge in [-0.2, -0.15) is 0 Å². The Balaban J connectivity index is 2.69. The molecule has 1 N–H and O–H groups in total. The second kappa shape index (κ2) is 5.47. The van der Waals surface area contributed by atoms with E-state index in [1.807, 2.05) is 7.05 Å². The molecular weight excluding hydrogens is 224 g/mol. The average Bonchev–Trinajstić information content (AvgIpc) is 2.30. The molecule has 0 atom stereocenters. The van der Waals surface area contributed by atoms with E-state index in [0.717, 1.165) is 12.8 Å². The molecule has 0 saturated heterocycles. The number of sulfonamides is 1. The summed E-state index contributed by atoms with van der Waals surface area (Å²) >= 11 is 0. The van der Waals surface area contributed by atoms with Crippen molar-refractivity contribution >= 4 is 10.0 Å². The molecular formula is C11H24N2O2S. The van der Waals surface area contributed by atoms with Crippen molar-refractivity contribution in [2.75, 3.05) is 26.4 Å². The summed E-state index contributed by atoms with van der Waals surface area (Å²) < 4.78 is 25.0. The van der Waals surface area contributed by atoms with Crippen LogP contribution in [-0.2, 0) is 10.0 Å². The Hall–Kier alpha value is -0.130. The molecule has 4 nitrogen and oxygen atoms in total. The van der Waals surface area contributed by atoms with Crippen molar-refractivity contribution in [1.82, 2.24) is 9.62 Å². The second-order valence-electron chi connectivity index (χ2n) is 4.75. The quantitative estimate of drug-likeness (QED) is 0.795. The van der Waals surface area contributed by atoms with Gasteiger partial charge < -0.3 is 5.32 Å². The fourth-order valence-electron chi connectivity index (χ4n) is 2.46. The van der Waals surface area contributed by atoms with Crippen LogP contribution in [0.15, 0.2) is 0 Å². The normalized spacial score (nSPS) is 21.2. The molecule has 0 aliphatic heterocycles. The van der Waals surface area contributed by atoms with Crippen molar-refractivity contribution in [2.24, 2.45) is 0 Å². The Labute approximate surface area is 99.5 Å². The van der Waals surface area contributed by atoms with E-state index in [1.165, 1.54) is 23.6 Å². The number of nitrogens with one attached hydrogen (secondary N) is 1. The Bertz CT molecular complexity index is 308. The first-order chi connectivity index (χ1) is 7.46. The van der Waals surface area contributed by atoms with E-state index >= 15 is 0 Å². The van der Waals surface area contributed by atoms with Crippen molar-refractivity contribution in [3.63, 3.8) is 0 Å². The van der Waals surface area contributed by atoms with Gasteiger partial charge in [-0.3, -0.25) is 0 Å². The van der Waals surface area contributed by atoms with Crippen LogP contribution in [0.3, 0.4) is 0 Å². The number of hydrogen-bond acceptors (Lipinski definition) is 3. The number of rotatable bonds is 5. The van der Waals surface area contributed by atoms with Gasteiger partial charge >= 0.3 is 0 Å². The molecule has 96 valence electrons. The van der Waals surface area contributed by atoms with Gasteiger partial charge in [0.25, 0.3) is 0 Å². The zero-order chi connectivity index (χ0) is 12.2. The fraction of sp³-hybridized carbons (Fsp3) is 1.00. The molecule has 0 aromatic heterocycles. The zero-order valence-corrected chi connectivity index (χ0v) is 11.4. The Morgan fingerprint density at radius 3 is 2.25 bits per heavy atom. The maximum Gasteiger partial charge on any atom is 0.213 e. The van der Waals surface area contributed by atoms with Gasteiger partial charge in [-0.05, 0) is 26.8 Å². The van der Waals surface area contributed by atoms with Gasteiger partial charge in [0, 0.05) is 19.1 Å². The Morgan fingerprint density at radius 2 is 1.81 bits per heavy atom. The standard InChI is InChI=1S/C11H24N2O2S/c1-4-16(14,15)13(3)10-11(12-2)8-6-5-7-9-11/h12H,4-10H2,1-3H3. The minimum Gasteiger partial charge on any atom is -0.313 e. The highest BCUT2D eigenvalue weighted by Gasteiger charge is 2.33. The van der Waals surface area contributed by atoms with E-state index in [-0.39, 0.29) is 11.3 Å². The minimum atomic E-state index is -3.05. The van der Waals surface area contributed by atoms with Crippen LogP contribution in [0.4, 0.5) is 0 Å². The van der Waals surface area contributed by atoms with Gasteiger partial charge in [-0.1, -0.05) is 19.3 Å². The smallest absolute Gasteiger partial charge is 0.213 e. The molecule has 0 radical (unpaired) electrons. The van der Waals surface area contributed by atoms with Crippen LogP contribution < -0.4 is 5.32 Å². The number of hydrogen-bond donors (Lipinski definition) is 1. The average molecular weight is 248 g/mol. The van der Waals surface area contributed by atoms with Crippen LogP contribution >= 0.6 is 0 Å². The summed E-state index contributed by atoms with van der Waals surface area (Å²) in [5.74, 6) is 0.184. The first kappa shape index (κ1) is 13.9. The summed E-state index contributed by atoms with van der Waals surface area (Å²) in [7, 11) is 0.577. The van der Waals surface area contributed by atoms with Crippen molar-refractivity contribution in [3.05, 3.63) is 0 Å². The van der Waals surface area contributed by atoms with Crippen LogP contribution in [0.1, 0.15) is 39.0 Å². The highest BCUT2D eigenvalue weighted by molar-refractivity contribution is 7.89. The van der Waals surface area contributed by atoms with Gasteiger partial charge in [0.1, 0.15) is 0 Å². The van der Waals surface area contributed by atoms with E-state index < -0.39 is 10.0 Å². The van der Waals surface area contributed by atoms with Gasteiger partial charge in [0.15, 0.2) is 0 Å². The van der Waals surface area contributed by atoms with E-state index in [2.05, 4.69) is 5.32 Å². The fourth-order valence-corrected chi connectivity index (χ4v) is 3.35. The second-order valence-corrected chi connectivity index (χ2v) is 7.11. The van der Waals surface area contributed by atoms with Crippen LogP contribution in [0.2, 0.25) is 0 Å². The van der Waals surface area contributed by atoms with Crippen molar-refractivity contribution in [3.8, 4) is 0 Å². The van der Waals surface area contributed by atoms with Crippen molar-refractivity contribution in [1.29, 1.82) is 0 Å². The van der Waals surface area contributed by atoms with E-state index in [0.29, 0.717) is 6.54 Å². The largest absolute Gasteiger partial charge is 0.313 e. The summed E-state index contributed by atoms with van der Waals surface area (Å²) in [6.45, 7) is 2.29. The zero-order valence-electron chi connectivity index (χ0n) is 10.6. The van der Waals surface area contributed by atoms with Gasteiger partial charge in [-0.15, -0.1) is 0 Å². The van der Waals surface area contributed by atoms with Crippen LogP contribution in [-0.4, -0.2) is 44.7 Å². The molecule has 1 rings (SSSR count). The lowest BCUT2D eigenvalue weighted by Crippen LogP contribution is -2.53. The van der Waals surface area contributed by atoms with Gasteiger partial charge in [0.2, 0.25) is 10.0 Å². The molecule has 1 aliphatic carbocycles. The van der Waals surface area contributed by atoms with E-state index in [1.54, 1.807) is 14.0 Å². The first-order valence-corrected chi connectivity index (χ1v) is 7.69. The maximum atomic E-state index is 11.7. The predicted molar refractivity (Wildman–Crippen MR) is 67.0 cm³/mol. The molecule has 5 heteroatoms. The summed E-state index contributed by atoms with van der Waals surface area (Å²) in [6, 6.07) is 0. The molecule has 0 unspecified atom stereocenters. The van der Waals surface area contributed by atoms with Crippen LogP contribution in [0.5, 0.6) is 0 Å². The number of likely N-dealkylation sites (N-methyl/N-ethyl adjacent to an activating group) is 2. The Morgan fingerprint density at radius 1 is 1.25 bits per heavy atom. The third-order valence-corrected chi connectivity index (χ3v) is 5.51. The minimum absolute atomic E-state index is 0.00472. The molecule has 1 aliphatic rings. The SMILES string of the molecule is CCS(=O)(=O)N(C)CC1(NC)CCCCC1. The maximum absolute atomic E-state index is 11.7. The molecule has 0 spiro atoms. The van der Waals surface area contributed by atoms with Crippen molar-refractivity contribution < 1.29 is 8.42 Å². The summed E-state index contributed by atoms with van der Waals surface area (Å²) in [5, 5.41) is 3.34. The lowest BCUT2D eigenvalue weighted by Gasteiger charge is -2.39. The van der Waals surface area contributed by atoms with Gasteiger partial charge in [-0.25, -0.2) is 12.7 Å². The van der Waals surface area contributed by atoms with E-state index in [4.69, 9.17) is 0 Å². The highest BCUT2D eigenvalue weighted by Crippen LogP contribution is 2.29. The summed E-state index contributed by atoms with van der Waals surface area (Å²) in [4.78, 5) is 0. The third kappa shape index (κ3) is 3.18. The predicted octanol–water partition coefficient (Wildman–Crippen LogP) is 1.19.